The summed E-state index contributed by atoms with van der Waals surface area (Å²) in [5, 5.41) is 13.6. The number of dihydropyridines is 1. The summed E-state index contributed by atoms with van der Waals surface area (Å²) in [5.74, 6) is 1.79. The van der Waals surface area contributed by atoms with Gasteiger partial charge >= 0.3 is 0 Å². The van der Waals surface area contributed by atoms with Gasteiger partial charge in [0.15, 0.2) is 5.78 Å². The summed E-state index contributed by atoms with van der Waals surface area (Å²) >= 11 is 1.57. The van der Waals surface area contributed by atoms with E-state index in [0.717, 1.165) is 22.2 Å². The molecule has 21 heavy (non-hydrogen) atoms. The van der Waals surface area contributed by atoms with Crippen molar-refractivity contribution in [2.45, 2.75) is 33.6 Å². The van der Waals surface area contributed by atoms with Gasteiger partial charge in [0, 0.05) is 11.3 Å². The third-order valence-corrected chi connectivity index (χ3v) is 4.26. The molecule has 1 atom stereocenters. The van der Waals surface area contributed by atoms with Crippen LogP contribution in [-0.2, 0) is 4.79 Å². The smallest absolute Gasteiger partial charge is 0.158 e. The summed E-state index contributed by atoms with van der Waals surface area (Å²) in [6.45, 7) is 7.27. The molecule has 0 amide bonds. The van der Waals surface area contributed by atoms with Crippen molar-refractivity contribution in [1.82, 2.24) is 5.32 Å². The Morgan fingerprint density at radius 1 is 1.48 bits per heavy atom. The second-order valence-electron chi connectivity index (χ2n) is 4.89. The molecule has 0 radical (unpaired) electrons. The maximum atomic E-state index is 12.0. The molecule has 0 saturated carbocycles. The van der Waals surface area contributed by atoms with Gasteiger partial charge in [-0.3, -0.25) is 4.79 Å². The van der Waals surface area contributed by atoms with Crippen LogP contribution in [0.2, 0.25) is 0 Å². The zero-order chi connectivity index (χ0) is 15.6. The maximum absolute atomic E-state index is 12.0. The number of furan rings is 1. The number of allylic oxidation sites excluding steroid dienone is 3. The highest BCUT2D eigenvalue weighted by atomic mass is 32.2. The first-order valence-corrected chi connectivity index (χ1v) is 7.80. The minimum absolute atomic E-state index is 0.0487. The summed E-state index contributed by atoms with van der Waals surface area (Å²) in [4.78, 5) is 12.0. The van der Waals surface area contributed by atoms with Gasteiger partial charge in [-0.1, -0.05) is 6.92 Å². The topological polar surface area (TPSA) is 66.0 Å². The van der Waals surface area contributed by atoms with Crippen molar-refractivity contribution in [3.8, 4) is 6.07 Å². The van der Waals surface area contributed by atoms with Crippen molar-refractivity contribution in [2.75, 3.05) is 5.75 Å². The van der Waals surface area contributed by atoms with E-state index in [-0.39, 0.29) is 5.78 Å². The van der Waals surface area contributed by atoms with Crippen LogP contribution in [0.5, 0.6) is 0 Å². The molecule has 1 aromatic heterocycles. The maximum Gasteiger partial charge on any atom is 0.158 e. The van der Waals surface area contributed by atoms with Crippen LogP contribution in [0.15, 0.2) is 38.4 Å². The summed E-state index contributed by atoms with van der Waals surface area (Å²) in [7, 11) is 0. The molecule has 0 aliphatic carbocycles. The number of nitrogens with one attached hydrogen (secondary N) is 1. The van der Waals surface area contributed by atoms with Crippen molar-refractivity contribution >= 4 is 17.5 Å². The molecular formula is C16H18N2O2S. The molecule has 2 heterocycles. The lowest BCUT2D eigenvalue weighted by Gasteiger charge is -2.27. The fraction of sp³-hybridized carbons (Fsp3) is 0.375. The number of Topliss-reactive ketones (excluding diaryl/α,β-unsaturated/α-hetero) is 1. The van der Waals surface area contributed by atoms with E-state index in [2.05, 4.69) is 11.4 Å². The summed E-state index contributed by atoms with van der Waals surface area (Å²) in [6, 6.07) is 5.95. The molecule has 1 N–H and O–H groups in total. The number of aryl methyl sites for hydroxylation is 1. The first kappa shape index (κ1) is 15.5. The van der Waals surface area contributed by atoms with Gasteiger partial charge in [0.25, 0.3) is 0 Å². The fourth-order valence-electron chi connectivity index (χ4n) is 2.53. The third-order valence-electron chi connectivity index (χ3n) is 3.36. The average Bonchev–Trinajstić information content (AvgIpc) is 2.84. The first-order valence-electron chi connectivity index (χ1n) is 6.81. The predicted octanol–water partition coefficient (Wildman–Crippen LogP) is 3.63. The Morgan fingerprint density at radius 2 is 2.19 bits per heavy atom. The highest BCUT2D eigenvalue weighted by Crippen LogP contribution is 2.41. The van der Waals surface area contributed by atoms with Gasteiger partial charge in [-0.05, 0) is 38.7 Å². The standard InChI is InChI=1S/C16H18N2O2S/c1-5-21-16-12(8-17)15(13-7-6-9(2)20-13)14(11(4)19)10(3)18-16/h6-7,15,18H,5H2,1-4H3/t15-/m1/s1. The largest absolute Gasteiger partial charge is 0.465 e. The van der Waals surface area contributed by atoms with Crippen molar-refractivity contribution in [2.24, 2.45) is 0 Å². The SMILES string of the molecule is CCSC1=C(C#N)[C@H](c2ccc(C)o2)C(C(C)=O)=C(C)N1. The molecule has 1 aliphatic rings. The Balaban J connectivity index is 2.62. The number of hydrogen-bond acceptors (Lipinski definition) is 5. The normalized spacial score (nSPS) is 18.5. The summed E-state index contributed by atoms with van der Waals surface area (Å²) in [6.07, 6.45) is 0. The minimum atomic E-state index is -0.420. The van der Waals surface area contributed by atoms with Crippen LogP contribution < -0.4 is 5.32 Å². The van der Waals surface area contributed by atoms with Crippen LogP contribution in [-0.4, -0.2) is 11.5 Å². The van der Waals surface area contributed by atoms with Gasteiger partial charge < -0.3 is 9.73 Å². The average molecular weight is 302 g/mol. The van der Waals surface area contributed by atoms with E-state index < -0.39 is 5.92 Å². The van der Waals surface area contributed by atoms with Crippen LogP contribution in [0.4, 0.5) is 0 Å². The molecule has 1 aliphatic heterocycles. The van der Waals surface area contributed by atoms with Crippen LogP contribution in [0.25, 0.3) is 0 Å². The van der Waals surface area contributed by atoms with Crippen LogP contribution in [0, 0.1) is 18.3 Å². The number of rotatable bonds is 4. The van der Waals surface area contributed by atoms with E-state index in [0.29, 0.717) is 16.9 Å². The molecular weight excluding hydrogens is 284 g/mol. The Morgan fingerprint density at radius 3 is 2.67 bits per heavy atom. The number of nitrogens with zero attached hydrogens (tertiary/aromatic N) is 1. The van der Waals surface area contributed by atoms with Gasteiger partial charge in [0.05, 0.1) is 22.6 Å². The lowest BCUT2D eigenvalue weighted by molar-refractivity contribution is -0.113. The zero-order valence-electron chi connectivity index (χ0n) is 12.6. The Labute approximate surface area is 128 Å². The van der Waals surface area contributed by atoms with E-state index >= 15 is 0 Å². The number of nitriles is 1. The van der Waals surface area contributed by atoms with E-state index in [9.17, 15) is 10.1 Å². The lowest BCUT2D eigenvalue weighted by atomic mass is 9.84. The van der Waals surface area contributed by atoms with Crippen molar-refractivity contribution in [3.63, 3.8) is 0 Å². The molecule has 0 unspecified atom stereocenters. The molecule has 0 aromatic carbocycles. The van der Waals surface area contributed by atoms with Gasteiger partial charge in [-0.25, -0.2) is 0 Å². The molecule has 4 nitrogen and oxygen atoms in total. The Hall–Kier alpha value is -1.93. The number of hydrogen-bond donors (Lipinski definition) is 1. The second-order valence-corrected chi connectivity index (χ2v) is 6.16. The molecule has 110 valence electrons. The molecule has 0 bridgehead atoms. The van der Waals surface area contributed by atoms with E-state index in [4.69, 9.17) is 4.42 Å². The number of carbonyl (C=O) groups is 1. The van der Waals surface area contributed by atoms with Crippen LogP contribution in [0.1, 0.15) is 38.2 Å². The quantitative estimate of drug-likeness (QED) is 0.920. The highest BCUT2D eigenvalue weighted by Gasteiger charge is 2.34. The number of carbonyl (C=O) groups excluding carboxylic acids is 1. The Bertz CT molecular complexity index is 677. The Kier molecular flexibility index (Phi) is 4.59. The van der Waals surface area contributed by atoms with Gasteiger partial charge in [-0.15, -0.1) is 11.8 Å². The van der Waals surface area contributed by atoms with Crippen molar-refractivity contribution in [1.29, 1.82) is 5.26 Å². The van der Waals surface area contributed by atoms with Gasteiger partial charge in [0.2, 0.25) is 0 Å². The van der Waals surface area contributed by atoms with Crippen molar-refractivity contribution in [3.05, 3.63) is 45.5 Å². The number of thioether (sulfide) groups is 1. The number of ketones is 1. The molecule has 1 aromatic rings. The summed E-state index contributed by atoms with van der Waals surface area (Å²) < 4.78 is 5.70. The zero-order valence-corrected chi connectivity index (χ0v) is 13.4. The molecule has 5 heteroatoms. The minimum Gasteiger partial charge on any atom is -0.465 e. The highest BCUT2D eigenvalue weighted by molar-refractivity contribution is 8.03. The second kappa shape index (κ2) is 6.23. The fourth-order valence-corrected chi connectivity index (χ4v) is 3.36. The van der Waals surface area contributed by atoms with Crippen LogP contribution >= 0.6 is 11.8 Å². The predicted molar refractivity (Wildman–Crippen MR) is 83.5 cm³/mol. The lowest BCUT2D eigenvalue weighted by Crippen LogP contribution is -2.26. The molecule has 0 fully saturated rings. The molecule has 2 rings (SSSR count). The first-order chi connectivity index (χ1) is 9.99. The van der Waals surface area contributed by atoms with E-state index in [1.54, 1.807) is 11.8 Å². The van der Waals surface area contributed by atoms with Gasteiger partial charge in [-0.2, -0.15) is 5.26 Å². The third kappa shape index (κ3) is 2.91. The van der Waals surface area contributed by atoms with Crippen LogP contribution in [0.3, 0.4) is 0 Å². The van der Waals surface area contributed by atoms with Gasteiger partial charge in [0.1, 0.15) is 11.5 Å². The van der Waals surface area contributed by atoms with E-state index in [1.807, 2.05) is 32.9 Å². The summed E-state index contributed by atoms with van der Waals surface area (Å²) in [5.41, 5.74) is 1.94. The van der Waals surface area contributed by atoms with E-state index in [1.165, 1.54) is 6.92 Å². The monoisotopic (exact) mass is 302 g/mol. The molecule has 0 saturated heterocycles. The van der Waals surface area contributed by atoms with Crippen molar-refractivity contribution < 1.29 is 9.21 Å². The molecule has 0 spiro atoms.